The van der Waals surface area contributed by atoms with E-state index in [2.05, 4.69) is 34.2 Å². The summed E-state index contributed by atoms with van der Waals surface area (Å²) in [5, 5.41) is 0. The summed E-state index contributed by atoms with van der Waals surface area (Å²) < 4.78 is 10.2. The van der Waals surface area contributed by atoms with Crippen molar-refractivity contribution < 1.29 is 26.5 Å². The lowest BCUT2D eigenvalue weighted by molar-refractivity contribution is -0.677. The van der Waals surface area contributed by atoms with Crippen LogP contribution in [0.1, 0.15) is 23.1 Å². The van der Waals surface area contributed by atoms with Crippen LogP contribution in [-0.4, -0.2) is 16.5 Å². The zero-order valence-electron chi connectivity index (χ0n) is 16.7. The number of fused-ring (bicyclic) bond motifs is 1. The molecule has 152 valence electrons. The lowest BCUT2D eigenvalue weighted by Gasteiger charge is -2.26. The molecule has 1 aliphatic rings. The fourth-order valence-electron chi connectivity index (χ4n) is 4.49. The van der Waals surface area contributed by atoms with Gasteiger partial charge in [-0.15, -0.1) is 0 Å². The van der Waals surface area contributed by atoms with Gasteiger partial charge in [-0.2, -0.15) is 0 Å². The Morgan fingerprint density at radius 3 is 2.27 bits per heavy atom. The number of esters is 1. The van der Waals surface area contributed by atoms with Gasteiger partial charge in [0.1, 0.15) is 30.5 Å². The summed E-state index contributed by atoms with van der Waals surface area (Å²) >= 11 is 0. The van der Waals surface area contributed by atoms with Gasteiger partial charge in [0.25, 0.3) is 5.65 Å². The maximum atomic E-state index is 13.3. The molecular weight excluding hydrogens is 396 g/mol. The van der Waals surface area contributed by atoms with Crippen molar-refractivity contribution in [2.75, 3.05) is 0 Å². The van der Waals surface area contributed by atoms with Crippen LogP contribution in [-0.2, 0) is 21.5 Å². The second-order valence-electron chi connectivity index (χ2n) is 7.79. The molecule has 0 spiro atoms. The average molecular weight is 419 g/mol. The Morgan fingerprint density at radius 1 is 1.00 bits per heavy atom. The number of carbonyl (C=O) groups is 1. The molecule has 30 heavy (non-hydrogen) atoms. The first-order valence-electron chi connectivity index (χ1n) is 9.96. The molecule has 5 rings (SSSR count). The summed E-state index contributed by atoms with van der Waals surface area (Å²) in [6.45, 7) is 2.71. The minimum Gasteiger partial charge on any atom is -1.00 e. The predicted octanol–water partition coefficient (Wildman–Crippen LogP) is 0.841. The highest BCUT2D eigenvalue weighted by atomic mass is 35.5. The number of hydrogen-bond donors (Lipinski definition) is 0. The molecule has 0 saturated carbocycles. The number of hydrogen-bond acceptors (Lipinski definition) is 2. The smallest absolute Gasteiger partial charge is 0.321 e. The van der Waals surface area contributed by atoms with Crippen molar-refractivity contribution in [3.8, 4) is 0 Å². The number of rotatable bonds is 4. The lowest BCUT2D eigenvalue weighted by Crippen LogP contribution is -3.00. The Kier molecular flexibility index (Phi) is 5.35. The minimum atomic E-state index is -0.764. The molecule has 0 radical (unpaired) electrons. The second kappa shape index (κ2) is 7.96. The number of carbonyl (C=O) groups excluding carboxylic acids is 1. The molecule has 4 nitrogen and oxygen atoms in total. The van der Waals surface area contributed by atoms with Gasteiger partial charge >= 0.3 is 5.97 Å². The van der Waals surface area contributed by atoms with Crippen LogP contribution >= 0.6 is 0 Å². The molecule has 5 heteroatoms. The fraction of sp³-hybridized carbons (Fsp3) is 0.200. The predicted molar refractivity (Wildman–Crippen MR) is 110 cm³/mol. The average Bonchev–Trinajstić information content (AvgIpc) is 3.30. The maximum absolute atomic E-state index is 13.3. The van der Waals surface area contributed by atoms with Crippen molar-refractivity contribution in [2.24, 2.45) is 0 Å². The van der Waals surface area contributed by atoms with E-state index in [9.17, 15) is 4.79 Å². The van der Waals surface area contributed by atoms with E-state index in [1.807, 2.05) is 73.1 Å². The number of imidazole rings is 1. The van der Waals surface area contributed by atoms with E-state index >= 15 is 0 Å². The lowest BCUT2D eigenvalue weighted by atomic mass is 9.72. The van der Waals surface area contributed by atoms with Gasteiger partial charge in [0.15, 0.2) is 0 Å². The van der Waals surface area contributed by atoms with E-state index in [1.54, 1.807) is 0 Å². The quantitative estimate of drug-likeness (QED) is 0.363. The van der Waals surface area contributed by atoms with E-state index in [0.717, 1.165) is 16.8 Å². The van der Waals surface area contributed by atoms with Gasteiger partial charge in [-0.3, -0.25) is 4.79 Å². The van der Waals surface area contributed by atoms with Crippen LogP contribution in [0.3, 0.4) is 0 Å². The topological polar surface area (TPSA) is 34.6 Å². The molecule has 1 atom stereocenters. The van der Waals surface area contributed by atoms with Gasteiger partial charge in [0, 0.05) is 12.5 Å². The molecule has 0 bridgehead atoms. The fourth-order valence-corrected chi connectivity index (χ4v) is 4.49. The number of aromatic nitrogens is 2. The van der Waals surface area contributed by atoms with E-state index in [1.165, 1.54) is 5.56 Å². The Bertz CT molecular complexity index is 1130. The monoisotopic (exact) mass is 418 g/mol. The van der Waals surface area contributed by atoms with Gasteiger partial charge in [0.05, 0.1) is 6.20 Å². The number of aryl methyl sites for hydroxylation is 1. The van der Waals surface area contributed by atoms with Gasteiger partial charge in [-0.25, -0.2) is 8.97 Å². The third-order valence-electron chi connectivity index (χ3n) is 5.89. The summed E-state index contributed by atoms with van der Waals surface area (Å²) in [7, 11) is 0. The first-order valence-corrected chi connectivity index (χ1v) is 9.96. The zero-order chi connectivity index (χ0) is 19.8. The molecule has 1 fully saturated rings. The van der Waals surface area contributed by atoms with Crippen molar-refractivity contribution >= 4 is 11.6 Å². The van der Waals surface area contributed by atoms with Crippen LogP contribution in [0, 0.1) is 6.92 Å². The summed E-state index contributed by atoms with van der Waals surface area (Å²) in [5.41, 5.74) is 3.50. The van der Waals surface area contributed by atoms with Crippen LogP contribution in [0.25, 0.3) is 5.65 Å². The van der Waals surface area contributed by atoms with Crippen LogP contribution in [0.2, 0.25) is 0 Å². The minimum absolute atomic E-state index is 0. The van der Waals surface area contributed by atoms with E-state index in [-0.39, 0.29) is 24.5 Å². The molecule has 2 aromatic carbocycles. The summed E-state index contributed by atoms with van der Waals surface area (Å²) in [6, 6.07) is 24.2. The number of pyridine rings is 1. The molecule has 2 aromatic heterocycles. The van der Waals surface area contributed by atoms with E-state index < -0.39 is 5.41 Å². The van der Waals surface area contributed by atoms with Crippen molar-refractivity contribution in [1.29, 1.82) is 0 Å². The zero-order valence-corrected chi connectivity index (χ0v) is 17.5. The number of nitrogens with zero attached hydrogens (tertiary/aromatic N) is 2. The Hall–Kier alpha value is -3.11. The van der Waals surface area contributed by atoms with E-state index in [4.69, 9.17) is 4.74 Å². The maximum Gasteiger partial charge on any atom is 0.321 e. The van der Waals surface area contributed by atoms with Gasteiger partial charge in [-0.1, -0.05) is 60.7 Å². The summed E-state index contributed by atoms with van der Waals surface area (Å²) in [5.74, 6) is -0.167. The second-order valence-corrected chi connectivity index (χ2v) is 7.79. The highest BCUT2D eigenvalue weighted by Gasteiger charge is 2.52. The molecule has 1 unspecified atom stereocenters. The van der Waals surface area contributed by atoms with Crippen LogP contribution in [0.5, 0.6) is 0 Å². The van der Waals surface area contributed by atoms with Crippen LogP contribution in [0.15, 0.2) is 91.4 Å². The standard InChI is InChI=1S/C25H23N2O2.ClH/c1-19-12-13-23-26(17-19)14-15-27(23)18-22-16-25(24(28)29-22,20-8-4-2-5-9-20)21-10-6-3-7-11-21;/h2-15,17,22H,16,18H2,1H3;1H/q+1;/p-1. The third kappa shape index (κ3) is 3.27. The molecule has 4 aromatic rings. The summed E-state index contributed by atoms with van der Waals surface area (Å²) in [4.78, 5) is 13.3. The molecule has 0 aliphatic carbocycles. The highest BCUT2D eigenvalue weighted by molar-refractivity contribution is 5.89. The first-order chi connectivity index (χ1) is 14.2. The van der Waals surface area contributed by atoms with Gasteiger partial charge in [-0.05, 0) is 29.7 Å². The number of ether oxygens (including phenoxy) is 1. The largest absolute Gasteiger partial charge is 1.00 e. The Morgan fingerprint density at radius 2 is 1.63 bits per heavy atom. The van der Waals surface area contributed by atoms with Crippen LogP contribution < -0.4 is 17.0 Å². The van der Waals surface area contributed by atoms with Crippen molar-refractivity contribution in [3.05, 3.63) is 108 Å². The first kappa shape index (κ1) is 20.2. The molecular formula is C25H23ClN2O2. The number of halogens is 1. The van der Waals surface area contributed by atoms with Crippen molar-refractivity contribution in [1.82, 2.24) is 4.40 Å². The van der Waals surface area contributed by atoms with Crippen molar-refractivity contribution in [3.63, 3.8) is 0 Å². The Labute approximate surface area is 182 Å². The number of benzene rings is 2. The van der Waals surface area contributed by atoms with Crippen LogP contribution in [0.4, 0.5) is 0 Å². The molecule has 1 saturated heterocycles. The third-order valence-corrected chi connectivity index (χ3v) is 5.89. The molecule has 1 aliphatic heterocycles. The van der Waals surface area contributed by atoms with E-state index in [0.29, 0.717) is 13.0 Å². The van der Waals surface area contributed by atoms with Crippen molar-refractivity contribution in [2.45, 2.75) is 31.4 Å². The summed E-state index contributed by atoms with van der Waals surface area (Å²) in [6.07, 6.45) is 6.62. The highest BCUT2D eigenvalue weighted by Crippen LogP contribution is 2.43. The molecule has 0 amide bonds. The molecule has 3 heterocycles. The Balaban J connectivity index is 0.00000218. The van der Waals surface area contributed by atoms with Gasteiger partial charge < -0.3 is 17.1 Å². The normalized spacial score (nSPS) is 17.5. The van der Waals surface area contributed by atoms with Gasteiger partial charge in [0.2, 0.25) is 0 Å². The SMILES string of the molecule is Cc1ccc2n(cc[n+]2CC2CC(c3ccccc3)(c3ccccc3)C(=O)O2)c1.[Cl-]. The number of cyclic esters (lactones) is 1. The molecule has 0 N–H and O–H groups in total.